The fraction of sp³-hybridized carbons (Fsp3) is 0.857. The van der Waals surface area contributed by atoms with E-state index in [1.165, 1.54) is 63.5 Å². The van der Waals surface area contributed by atoms with E-state index in [1.54, 1.807) is 0 Å². The molecule has 0 aromatic carbocycles. The van der Waals surface area contributed by atoms with Gasteiger partial charge in [-0.3, -0.25) is 9.97 Å². The first-order valence-electron chi connectivity index (χ1n) is 13.1. The van der Waals surface area contributed by atoms with Crippen LogP contribution in [0.1, 0.15) is 96.9 Å². The van der Waals surface area contributed by atoms with Crippen molar-refractivity contribution in [2.75, 3.05) is 0 Å². The van der Waals surface area contributed by atoms with Gasteiger partial charge >= 0.3 is 0 Å². The highest BCUT2D eigenvalue weighted by molar-refractivity contribution is 5.13. The second kappa shape index (κ2) is 7.59. The summed E-state index contributed by atoms with van der Waals surface area (Å²) < 4.78 is 0. The highest BCUT2D eigenvalue weighted by atomic mass is 14.8. The van der Waals surface area contributed by atoms with Crippen molar-refractivity contribution in [2.24, 2.45) is 52.3 Å². The van der Waals surface area contributed by atoms with E-state index in [0.717, 1.165) is 47.6 Å². The number of hydrogen-bond acceptors (Lipinski definition) is 2. The van der Waals surface area contributed by atoms with Crippen LogP contribution in [0.3, 0.4) is 0 Å². The summed E-state index contributed by atoms with van der Waals surface area (Å²) in [5, 5.41) is 0. The van der Waals surface area contributed by atoms with Gasteiger partial charge in [0, 0.05) is 12.4 Å². The molecular weight excluding hydrogens is 364 g/mol. The Hall–Kier alpha value is -0.920. The first-order chi connectivity index (χ1) is 14.3. The molecule has 30 heavy (non-hydrogen) atoms. The third-order valence-corrected chi connectivity index (χ3v) is 11.3. The molecule has 0 N–H and O–H groups in total. The lowest BCUT2D eigenvalue weighted by atomic mass is 9.46. The van der Waals surface area contributed by atoms with Gasteiger partial charge in [0.05, 0.1) is 11.4 Å². The van der Waals surface area contributed by atoms with Crippen LogP contribution in [0, 0.1) is 59.2 Å². The topological polar surface area (TPSA) is 25.8 Å². The average molecular weight is 409 g/mol. The second-order valence-corrected chi connectivity index (χ2v) is 12.5. The van der Waals surface area contributed by atoms with Crippen LogP contribution in [0.25, 0.3) is 0 Å². The molecular formula is C28H44N2. The van der Waals surface area contributed by atoms with Crippen molar-refractivity contribution in [2.45, 2.75) is 98.8 Å². The van der Waals surface area contributed by atoms with Gasteiger partial charge in [-0.1, -0.05) is 34.1 Å². The monoisotopic (exact) mass is 408 g/mol. The molecule has 2 nitrogen and oxygen atoms in total. The van der Waals surface area contributed by atoms with Gasteiger partial charge in [0.25, 0.3) is 0 Å². The molecule has 9 atom stereocenters. The van der Waals surface area contributed by atoms with Crippen molar-refractivity contribution in [3.8, 4) is 0 Å². The minimum absolute atomic E-state index is 0.436. The smallest absolute Gasteiger partial charge is 0.0592 e. The Balaban J connectivity index is 1.35. The van der Waals surface area contributed by atoms with Crippen molar-refractivity contribution in [1.29, 1.82) is 0 Å². The van der Waals surface area contributed by atoms with Crippen molar-refractivity contribution in [3.63, 3.8) is 0 Å². The Morgan fingerprint density at radius 3 is 2.57 bits per heavy atom. The normalized spacial score (nSPS) is 46.6. The van der Waals surface area contributed by atoms with Gasteiger partial charge in [0.2, 0.25) is 0 Å². The van der Waals surface area contributed by atoms with Gasteiger partial charge in [0.1, 0.15) is 0 Å². The fourth-order valence-electron chi connectivity index (χ4n) is 9.35. The molecule has 1 aromatic rings. The van der Waals surface area contributed by atoms with E-state index in [4.69, 9.17) is 4.98 Å². The summed E-state index contributed by atoms with van der Waals surface area (Å²) >= 11 is 0. The lowest BCUT2D eigenvalue weighted by molar-refractivity contribution is -0.0992. The van der Waals surface area contributed by atoms with Crippen LogP contribution in [0.2, 0.25) is 0 Å². The van der Waals surface area contributed by atoms with E-state index in [1.807, 2.05) is 12.4 Å². The van der Waals surface area contributed by atoms with E-state index in [9.17, 15) is 0 Å². The van der Waals surface area contributed by atoms with Gasteiger partial charge in [-0.2, -0.15) is 0 Å². The summed E-state index contributed by atoms with van der Waals surface area (Å²) in [7, 11) is 0. The van der Waals surface area contributed by atoms with Gasteiger partial charge in [-0.15, -0.1) is 0 Å². The minimum atomic E-state index is 0.436. The number of aryl methyl sites for hydroxylation is 1. The summed E-state index contributed by atoms with van der Waals surface area (Å²) in [6.45, 7) is 12.4. The van der Waals surface area contributed by atoms with Crippen LogP contribution in [-0.2, 0) is 6.42 Å². The second-order valence-electron chi connectivity index (χ2n) is 12.5. The van der Waals surface area contributed by atoms with Crippen molar-refractivity contribution in [3.05, 3.63) is 23.8 Å². The zero-order chi connectivity index (χ0) is 21.1. The van der Waals surface area contributed by atoms with E-state index < -0.39 is 0 Å². The SMILES string of the molecule is Cc1cncc(C[C@@H](C)[C@@]2(C)CC[C@H]3[C@@H]4CC[C@@H]5C[C@@H](C)CC[C@@H]5[C@H]4CC[C@@]32C)n1. The quantitative estimate of drug-likeness (QED) is 0.526. The van der Waals surface area contributed by atoms with Crippen LogP contribution in [-0.4, -0.2) is 9.97 Å². The molecule has 2 heteroatoms. The maximum absolute atomic E-state index is 4.80. The predicted octanol–water partition coefficient (Wildman–Crippen LogP) is 7.26. The third kappa shape index (κ3) is 3.18. The number of nitrogens with zero attached hydrogens (tertiary/aromatic N) is 2. The van der Waals surface area contributed by atoms with Crippen molar-refractivity contribution in [1.82, 2.24) is 9.97 Å². The lowest BCUT2D eigenvalue weighted by Crippen LogP contribution is -2.52. The number of aromatic nitrogens is 2. The highest BCUT2D eigenvalue weighted by Crippen LogP contribution is 2.70. The number of fused-ring (bicyclic) bond motifs is 5. The molecule has 4 aliphatic rings. The molecule has 0 saturated heterocycles. The summed E-state index contributed by atoms with van der Waals surface area (Å²) in [6, 6.07) is 0. The standard InChI is InChI=1S/C28H44N2/c1-18-6-8-23-21(14-18)7-9-25-24(23)10-12-28(5)26(25)11-13-27(28,4)19(2)15-22-17-29-16-20(3)30-22/h16-19,21,23-26H,6-15H2,1-5H3/t18-,19+,21+,23-,24+,25+,26-,27+,28-/m0/s1. The maximum Gasteiger partial charge on any atom is 0.0592 e. The Bertz CT molecular complexity index is 774. The lowest BCUT2D eigenvalue weighted by Gasteiger charge is -2.59. The van der Waals surface area contributed by atoms with E-state index >= 15 is 0 Å². The predicted molar refractivity (Wildman–Crippen MR) is 124 cm³/mol. The Morgan fingerprint density at radius 1 is 0.967 bits per heavy atom. The van der Waals surface area contributed by atoms with E-state index in [0.29, 0.717) is 16.7 Å². The molecule has 4 saturated carbocycles. The highest BCUT2D eigenvalue weighted by Gasteiger charge is 2.62. The molecule has 4 fully saturated rings. The van der Waals surface area contributed by atoms with Crippen LogP contribution >= 0.6 is 0 Å². The number of rotatable bonds is 3. The van der Waals surface area contributed by atoms with Crippen molar-refractivity contribution >= 4 is 0 Å². The van der Waals surface area contributed by atoms with Gasteiger partial charge in [-0.05, 0) is 117 Å². The first kappa shape index (κ1) is 21.0. The fourth-order valence-corrected chi connectivity index (χ4v) is 9.35. The Kier molecular flexibility index (Phi) is 5.30. The molecule has 0 unspecified atom stereocenters. The maximum atomic E-state index is 4.80. The minimum Gasteiger partial charge on any atom is -0.261 e. The van der Waals surface area contributed by atoms with Crippen LogP contribution in [0.5, 0.6) is 0 Å². The molecule has 0 spiro atoms. The summed E-state index contributed by atoms with van der Waals surface area (Å²) in [4.78, 5) is 9.22. The Labute approximate surface area is 185 Å². The molecule has 4 aliphatic carbocycles. The zero-order valence-electron chi connectivity index (χ0n) is 20.2. The van der Waals surface area contributed by atoms with Gasteiger partial charge < -0.3 is 0 Å². The molecule has 0 bridgehead atoms. The molecule has 0 amide bonds. The van der Waals surface area contributed by atoms with E-state index in [2.05, 4.69) is 39.6 Å². The van der Waals surface area contributed by atoms with Crippen LogP contribution in [0.15, 0.2) is 12.4 Å². The average Bonchev–Trinajstić information content (AvgIpc) is 3.00. The first-order valence-corrected chi connectivity index (χ1v) is 13.1. The molecule has 1 aromatic heterocycles. The molecule has 1 heterocycles. The summed E-state index contributed by atoms with van der Waals surface area (Å²) in [5.41, 5.74) is 3.20. The third-order valence-electron chi connectivity index (χ3n) is 11.3. The zero-order valence-corrected chi connectivity index (χ0v) is 20.2. The van der Waals surface area contributed by atoms with Gasteiger partial charge in [0.15, 0.2) is 0 Å². The van der Waals surface area contributed by atoms with Crippen LogP contribution in [0.4, 0.5) is 0 Å². The van der Waals surface area contributed by atoms with Crippen LogP contribution < -0.4 is 0 Å². The molecule has 0 aliphatic heterocycles. The number of hydrogen-bond donors (Lipinski definition) is 0. The largest absolute Gasteiger partial charge is 0.261 e. The van der Waals surface area contributed by atoms with Crippen molar-refractivity contribution < 1.29 is 0 Å². The molecule has 5 rings (SSSR count). The molecule has 0 radical (unpaired) electrons. The molecule has 166 valence electrons. The van der Waals surface area contributed by atoms with Gasteiger partial charge in [-0.25, -0.2) is 0 Å². The van der Waals surface area contributed by atoms with E-state index in [-0.39, 0.29) is 0 Å². The summed E-state index contributed by atoms with van der Waals surface area (Å²) in [6.07, 6.45) is 18.5. The Morgan fingerprint density at radius 2 is 1.77 bits per heavy atom. The summed E-state index contributed by atoms with van der Waals surface area (Å²) in [5.74, 6) is 6.82.